The smallest absolute Gasteiger partial charge is 0.237 e. The molecule has 1 atom stereocenters. The van der Waals surface area contributed by atoms with Crippen LogP contribution >= 0.6 is 11.8 Å². The molecular weight excluding hydrogens is 426 g/mol. The summed E-state index contributed by atoms with van der Waals surface area (Å²) < 4.78 is 1.82. The zero-order chi connectivity index (χ0) is 22.2. The summed E-state index contributed by atoms with van der Waals surface area (Å²) in [6.07, 6.45) is 4.41. The van der Waals surface area contributed by atoms with Crippen LogP contribution in [-0.4, -0.2) is 42.9 Å². The van der Waals surface area contributed by atoms with E-state index in [1.165, 1.54) is 11.8 Å². The summed E-state index contributed by atoms with van der Waals surface area (Å²) in [7, 11) is 0. The first-order valence-corrected chi connectivity index (χ1v) is 11.5. The van der Waals surface area contributed by atoms with Crippen molar-refractivity contribution in [2.45, 2.75) is 49.1 Å². The fourth-order valence-electron chi connectivity index (χ4n) is 4.27. The summed E-state index contributed by atoms with van der Waals surface area (Å²) in [4.78, 5) is 38.5. The Balaban J connectivity index is 1.32. The second kappa shape index (κ2) is 8.31. The standard InChI is InChI=1S/C23H21N5O3S/c1-13(32-23-25-26-27-28(23)15-6-2-3-7-15)22(31)24-14-10-11-18-19(12-14)21(30)17-9-5-4-8-16(17)20(18)29/h4-5,8-13,15H,2-3,6-7H2,1H3,(H,24,31)/t13-/m0/s1. The molecule has 1 fully saturated rings. The maximum absolute atomic E-state index is 12.9. The van der Waals surface area contributed by atoms with Gasteiger partial charge in [0.1, 0.15) is 0 Å². The number of fused-ring (bicyclic) bond motifs is 2. The molecule has 1 saturated carbocycles. The molecule has 1 aromatic heterocycles. The fourth-order valence-corrected chi connectivity index (χ4v) is 5.13. The Bertz CT molecular complexity index is 1230. The van der Waals surface area contributed by atoms with Crippen molar-refractivity contribution in [3.8, 4) is 0 Å². The van der Waals surface area contributed by atoms with Gasteiger partial charge in [-0.2, -0.15) is 0 Å². The van der Waals surface area contributed by atoms with Crippen LogP contribution in [0.3, 0.4) is 0 Å². The van der Waals surface area contributed by atoms with Gasteiger partial charge in [0.25, 0.3) is 0 Å². The molecule has 3 aromatic rings. The molecule has 0 saturated heterocycles. The van der Waals surface area contributed by atoms with Gasteiger partial charge in [0, 0.05) is 27.9 Å². The van der Waals surface area contributed by atoms with Gasteiger partial charge in [-0.25, -0.2) is 4.68 Å². The average molecular weight is 448 g/mol. The molecule has 5 rings (SSSR count). The molecule has 8 nitrogen and oxygen atoms in total. The van der Waals surface area contributed by atoms with Gasteiger partial charge in [0.2, 0.25) is 11.1 Å². The van der Waals surface area contributed by atoms with Gasteiger partial charge in [0.05, 0.1) is 11.3 Å². The highest BCUT2D eigenvalue weighted by Crippen LogP contribution is 2.33. The number of aromatic nitrogens is 4. The lowest BCUT2D eigenvalue weighted by atomic mass is 9.84. The quantitative estimate of drug-likeness (QED) is 0.465. The largest absolute Gasteiger partial charge is 0.325 e. The van der Waals surface area contributed by atoms with E-state index in [0.29, 0.717) is 33.1 Å². The highest BCUT2D eigenvalue weighted by Gasteiger charge is 2.30. The van der Waals surface area contributed by atoms with Crippen LogP contribution < -0.4 is 5.32 Å². The molecule has 9 heteroatoms. The molecule has 1 heterocycles. The number of hydrogen-bond donors (Lipinski definition) is 1. The molecule has 162 valence electrons. The Morgan fingerprint density at radius 3 is 2.41 bits per heavy atom. The molecule has 1 amide bonds. The molecular formula is C23H21N5O3S. The van der Waals surface area contributed by atoms with Crippen molar-refractivity contribution in [2.75, 3.05) is 5.32 Å². The van der Waals surface area contributed by atoms with Gasteiger partial charge in [-0.1, -0.05) is 48.9 Å². The number of hydrogen-bond acceptors (Lipinski definition) is 7. The number of tetrazole rings is 1. The summed E-state index contributed by atoms with van der Waals surface area (Å²) in [6.45, 7) is 1.79. The summed E-state index contributed by atoms with van der Waals surface area (Å²) in [5.41, 5.74) is 1.92. The summed E-state index contributed by atoms with van der Waals surface area (Å²) in [5, 5.41) is 15.0. The monoisotopic (exact) mass is 447 g/mol. The normalized spacial score (nSPS) is 16.5. The maximum atomic E-state index is 12.9. The molecule has 1 N–H and O–H groups in total. The first-order chi connectivity index (χ1) is 15.5. The van der Waals surface area contributed by atoms with Crippen LogP contribution in [0.1, 0.15) is 70.5 Å². The average Bonchev–Trinajstić information content (AvgIpc) is 3.49. The van der Waals surface area contributed by atoms with Gasteiger partial charge in [0.15, 0.2) is 11.6 Å². The van der Waals surface area contributed by atoms with Gasteiger partial charge in [-0.3, -0.25) is 14.4 Å². The maximum Gasteiger partial charge on any atom is 0.237 e. The van der Waals surface area contributed by atoms with E-state index in [-0.39, 0.29) is 23.5 Å². The molecule has 0 spiro atoms. The van der Waals surface area contributed by atoms with E-state index in [0.717, 1.165) is 25.7 Å². The third-order valence-electron chi connectivity index (χ3n) is 5.98. The first-order valence-electron chi connectivity index (χ1n) is 10.6. The Morgan fingerprint density at radius 2 is 1.69 bits per heavy atom. The van der Waals surface area contributed by atoms with Crippen LogP contribution in [0.15, 0.2) is 47.6 Å². The lowest BCUT2D eigenvalue weighted by Gasteiger charge is -2.19. The predicted molar refractivity (Wildman–Crippen MR) is 119 cm³/mol. The zero-order valence-electron chi connectivity index (χ0n) is 17.4. The van der Waals surface area contributed by atoms with Crippen molar-refractivity contribution >= 4 is 34.9 Å². The second-order valence-corrected chi connectivity index (χ2v) is 9.37. The highest BCUT2D eigenvalue weighted by molar-refractivity contribution is 8.00. The molecule has 0 radical (unpaired) electrons. The number of amides is 1. The molecule has 0 aliphatic heterocycles. The minimum absolute atomic E-state index is 0.184. The molecule has 2 aliphatic carbocycles. The van der Waals surface area contributed by atoms with Crippen molar-refractivity contribution in [1.29, 1.82) is 0 Å². The number of ketones is 2. The van der Waals surface area contributed by atoms with Crippen molar-refractivity contribution in [3.63, 3.8) is 0 Å². The van der Waals surface area contributed by atoms with Gasteiger partial charge in [-0.05, 0) is 48.4 Å². The van der Waals surface area contributed by atoms with Crippen LogP contribution in [0.2, 0.25) is 0 Å². The number of thioether (sulfide) groups is 1. The number of benzene rings is 2. The van der Waals surface area contributed by atoms with Crippen LogP contribution in [0.25, 0.3) is 0 Å². The van der Waals surface area contributed by atoms with Crippen LogP contribution in [0.5, 0.6) is 0 Å². The Morgan fingerprint density at radius 1 is 1.03 bits per heavy atom. The van der Waals surface area contributed by atoms with Crippen molar-refractivity contribution in [1.82, 2.24) is 20.2 Å². The minimum Gasteiger partial charge on any atom is -0.325 e. The second-order valence-electron chi connectivity index (χ2n) is 8.06. The van der Waals surface area contributed by atoms with Crippen LogP contribution in [0, 0.1) is 0 Å². The van der Waals surface area contributed by atoms with Crippen molar-refractivity contribution in [3.05, 3.63) is 64.7 Å². The minimum atomic E-state index is -0.449. The summed E-state index contributed by atoms with van der Waals surface area (Å²) >= 11 is 1.31. The Kier molecular flexibility index (Phi) is 5.34. The molecule has 32 heavy (non-hydrogen) atoms. The highest BCUT2D eigenvalue weighted by atomic mass is 32.2. The number of anilines is 1. The molecule has 2 aliphatic rings. The molecule has 0 unspecified atom stereocenters. The van der Waals surface area contributed by atoms with Crippen molar-refractivity contribution < 1.29 is 14.4 Å². The predicted octanol–water partition coefficient (Wildman–Crippen LogP) is 3.68. The van der Waals surface area contributed by atoms with Gasteiger partial charge in [-0.15, -0.1) is 5.10 Å². The van der Waals surface area contributed by atoms with Crippen molar-refractivity contribution in [2.24, 2.45) is 0 Å². The molecule has 0 bridgehead atoms. The number of nitrogens with one attached hydrogen (secondary N) is 1. The number of rotatable bonds is 5. The van der Waals surface area contributed by atoms with E-state index >= 15 is 0 Å². The zero-order valence-corrected chi connectivity index (χ0v) is 18.3. The third kappa shape index (κ3) is 3.62. The third-order valence-corrected chi connectivity index (χ3v) is 7.02. The number of carbonyl (C=O) groups is 3. The van der Waals surface area contributed by atoms with Crippen LogP contribution in [0.4, 0.5) is 5.69 Å². The van der Waals surface area contributed by atoms with E-state index in [1.807, 2.05) is 4.68 Å². The Hall–Kier alpha value is -3.33. The fraction of sp³-hybridized carbons (Fsp3) is 0.304. The van der Waals surface area contributed by atoms with E-state index in [1.54, 1.807) is 49.4 Å². The Labute approximate surface area is 188 Å². The van der Waals surface area contributed by atoms with Gasteiger partial charge < -0.3 is 5.32 Å². The topological polar surface area (TPSA) is 107 Å². The number of nitrogens with zero attached hydrogens (tertiary/aromatic N) is 4. The van der Waals surface area contributed by atoms with Crippen LogP contribution in [-0.2, 0) is 4.79 Å². The van der Waals surface area contributed by atoms with E-state index in [4.69, 9.17) is 0 Å². The van der Waals surface area contributed by atoms with E-state index in [9.17, 15) is 14.4 Å². The van der Waals surface area contributed by atoms with Gasteiger partial charge >= 0.3 is 0 Å². The molecule has 2 aromatic carbocycles. The first kappa shape index (κ1) is 20.6. The summed E-state index contributed by atoms with van der Waals surface area (Å²) in [6, 6.07) is 11.9. The summed E-state index contributed by atoms with van der Waals surface area (Å²) in [5.74, 6) is -0.633. The number of carbonyl (C=O) groups excluding carboxylic acids is 3. The lowest BCUT2D eigenvalue weighted by Crippen LogP contribution is -2.24. The lowest BCUT2D eigenvalue weighted by molar-refractivity contribution is -0.115. The SMILES string of the molecule is C[C@H](Sc1nnnn1C1CCCC1)C(=O)Nc1ccc2c(c1)C(=O)c1ccccc1C2=O. The van der Waals surface area contributed by atoms with E-state index in [2.05, 4.69) is 20.8 Å². The van der Waals surface area contributed by atoms with E-state index < -0.39 is 5.25 Å².